The Morgan fingerprint density at radius 3 is 2.34 bits per heavy atom. The van der Waals surface area contributed by atoms with Crippen LogP contribution in [0.15, 0.2) is 49.3 Å². The molecular weight excluding hydrogens is 393 g/mol. The first-order valence-corrected chi connectivity index (χ1v) is 8.75. The summed E-state index contributed by atoms with van der Waals surface area (Å²) in [6.07, 6.45) is -1.06. The van der Waals surface area contributed by atoms with Gasteiger partial charge in [0, 0.05) is 17.8 Å². The first-order valence-electron chi connectivity index (χ1n) is 8.75. The number of anilines is 2. The van der Waals surface area contributed by atoms with Crippen molar-refractivity contribution in [3.8, 4) is 0 Å². The number of alkyl halides is 3. The van der Waals surface area contributed by atoms with Crippen LogP contribution in [-0.4, -0.2) is 10.9 Å². The largest absolute Gasteiger partial charge is 0.417 e. The van der Waals surface area contributed by atoms with E-state index in [1.54, 1.807) is 12.1 Å². The van der Waals surface area contributed by atoms with E-state index in [1.807, 2.05) is 13.8 Å². The molecule has 0 aliphatic rings. The van der Waals surface area contributed by atoms with Crippen LogP contribution in [0, 0.1) is 17.6 Å². The molecule has 2 aromatic rings. The number of hydrogen-bond donors (Lipinski definition) is 2. The minimum absolute atomic E-state index is 0.0000491. The topological polar surface area (TPSA) is 54.0 Å². The Morgan fingerprint density at radius 1 is 1.24 bits per heavy atom. The maximum Gasteiger partial charge on any atom is 0.417 e. The van der Waals surface area contributed by atoms with Crippen LogP contribution in [0.5, 0.6) is 0 Å². The summed E-state index contributed by atoms with van der Waals surface area (Å²) < 4.78 is 61.6. The van der Waals surface area contributed by atoms with Gasteiger partial charge in [-0.1, -0.05) is 26.8 Å². The van der Waals surface area contributed by atoms with E-state index >= 15 is 0 Å². The molecule has 0 saturated heterocycles. The first-order chi connectivity index (χ1) is 13.6. The van der Waals surface area contributed by atoms with Crippen LogP contribution in [0.25, 0.3) is 0 Å². The summed E-state index contributed by atoms with van der Waals surface area (Å²) in [4.78, 5) is 14.8. The molecule has 0 bridgehead atoms. The van der Waals surface area contributed by atoms with Crippen LogP contribution in [0.4, 0.5) is 33.5 Å². The molecule has 0 aliphatic carbocycles. The van der Waals surface area contributed by atoms with Crippen LogP contribution in [0.3, 0.4) is 0 Å². The summed E-state index contributed by atoms with van der Waals surface area (Å²) in [5.41, 5.74) is -0.478. The smallest absolute Gasteiger partial charge is 0.345 e. The average molecular weight is 415 g/mol. The summed E-state index contributed by atoms with van der Waals surface area (Å²) >= 11 is 0. The van der Waals surface area contributed by atoms with E-state index in [4.69, 9.17) is 0 Å². The maximum absolute atomic E-state index is 12.9. The summed E-state index contributed by atoms with van der Waals surface area (Å²) in [6, 6.07) is 6.16. The number of nitrogens with one attached hydrogen (secondary N) is 2. The predicted octanol–water partition coefficient (Wildman–Crippen LogP) is 6.00. The van der Waals surface area contributed by atoms with Gasteiger partial charge in [0.2, 0.25) is 5.91 Å². The highest BCUT2D eigenvalue weighted by Gasteiger charge is 2.31. The number of nitrogens with zero attached hydrogens (tertiary/aromatic N) is 1. The Balaban J connectivity index is 0.000000291. The number of carbonyl (C=O) groups is 1. The molecule has 1 atom stereocenters. The third kappa shape index (κ3) is 8.28. The Kier molecular flexibility index (Phi) is 9.24. The second-order valence-electron chi connectivity index (χ2n) is 6.09. The number of rotatable bonds is 6. The molecule has 0 aliphatic heterocycles. The number of hydrogen-bond acceptors (Lipinski definition) is 3. The molecule has 9 heteroatoms. The Labute approximate surface area is 165 Å². The summed E-state index contributed by atoms with van der Waals surface area (Å²) in [6.45, 7) is 7.16. The van der Waals surface area contributed by atoms with Gasteiger partial charge in [0.1, 0.15) is 5.82 Å². The zero-order valence-corrected chi connectivity index (χ0v) is 16.0. The van der Waals surface area contributed by atoms with Crippen molar-refractivity contribution < 1.29 is 26.7 Å². The van der Waals surface area contributed by atoms with Gasteiger partial charge in [-0.05, 0) is 43.0 Å². The minimum atomic E-state index is -4.58. The molecule has 4 nitrogen and oxygen atoms in total. The van der Waals surface area contributed by atoms with Gasteiger partial charge in [0.05, 0.1) is 5.56 Å². The number of aromatic nitrogens is 1. The van der Waals surface area contributed by atoms with Crippen molar-refractivity contribution >= 4 is 17.4 Å². The van der Waals surface area contributed by atoms with Crippen LogP contribution < -0.4 is 10.6 Å². The zero-order chi connectivity index (χ0) is 22.0. The van der Waals surface area contributed by atoms with Crippen molar-refractivity contribution in [1.29, 1.82) is 0 Å². The highest BCUT2D eigenvalue weighted by atomic mass is 19.4. The van der Waals surface area contributed by atoms with E-state index in [2.05, 4.69) is 22.2 Å². The van der Waals surface area contributed by atoms with Crippen molar-refractivity contribution in [1.82, 2.24) is 4.98 Å². The molecule has 1 unspecified atom stereocenters. The monoisotopic (exact) mass is 415 g/mol. The van der Waals surface area contributed by atoms with Crippen LogP contribution in [0.1, 0.15) is 32.3 Å². The van der Waals surface area contributed by atoms with Crippen molar-refractivity contribution in [3.05, 3.63) is 66.5 Å². The Hall–Kier alpha value is -2.97. The quantitative estimate of drug-likeness (QED) is 0.570. The van der Waals surface area contributed by atoms with Crippen molar-refractivity contribution in [3.63, 3.8) is 0 Å². The van der Waals surface area contributed by atoms with Gasteiger partial charge >= 0.3 is 6.18 Å². The standard InChI is InChI=1S/C12H16FNO.C8H6F4N2/c1-3-4-9(2)12(15)14-11-7-5-10(13)6-8-11;1-2-13-7-6(9)3-5(4-14-7)8(10,11)12/h5-9H,3-4H2,1-2H3,(H,14,15);2-4H,1H2,(H,13,14). The van der Waals surface area contributed by atoms with E-state index in [0.29, 0.717) is 18.0 Å². The van der Waals surface area contributed by atoms with Crippen molar-refractivity contribution in [2.45, 2.75) is 32.9 Å². The third-order valence-electron chi connectivity index (χ3n) is 3.69. The predicted molar refractivity (Wildman–Crippen MR) is 102 cm³/mol. The van der Waals surface area contributed by atoms with E-state index < -0.39 is 17.6 Å². The van der Waals surface area contributed by atoms with Gasteiger partial charge in [-0.25, -0.2) is 13.8 Å². The lowest BCUT2D eigenvalue weighted by Gasteiger charge is -2.10. The fraction of sp³-hybridized carbons (Fsp3) is 0.300. The minimum Gasteiger partial charge on any atom is -0.345 e. The van der Waals surface area contributed by atoms with Gasteiger partial charge in [0.25, 0.3) is 0 Å². The molecule has 1 aromatic heterocycles. The highest BCUT2D eigenvalue weighted by Crippen LogP contribution is 2.30. The number of benzene rings is 1. The lowest BCUT2D eigenvalue weighted by molar-refractivity contribution is -0.138. The second kappa shape index (κ2) is 11.1. The van der Waals surface area contributed by atoms with E-state index in [9.17, 15) is 26.7 Å². The summed E-state index contributed by atoms with van der Waals surface area (Å²) in [5, 5.41) is 5.01. The maximum atomic E-state index is 12.9. The summed E-state index contributed by atoms with van der Waals surface area (Å²) in [7, 11) is 0. The van der Waals surface area contributed by atoms with Gasteiger partial charge in [-0.15, -0.1) is 0 Å². The van der Waals surface area contributed by atoms with Crippen molar-refractivity contribution in [2.75, 3.05) is 10.6 Å². The van der Waals surface area contributed by atoms with Gasteiger partial charge in [0.15, 0.2) is 11.6 Å². The average Bonchev–Trinajstić information content (AvgIpc) is 2.65. The zero-order valence-electron chi connectivity index (χ0n) is 16.0. The molecule has 2 N–H and O–H groups in total. The van der Waals surface area contributed by atoms with E-state index in [0.717, 1.165) is 19.0 Å². The molecular formula is C20H22F5N3O. The SMILES string of the molecule is C=CNc1ncc(C(F)(F)F)cc1F.CCCC(C)C(=O)Nc1ccc(F)cc1. The number of amides is 1. The highest BCUT2D eigenvalue weighted by molar-refractivity contribution is 5.92. The fourth-order valence-electron chi connectivity index (χ4n) is 2.16. The van der Waals surface area contributed by atoms with Crippen LogP contribution >= 0.6 is 0 Å². The number of halogens is 5. The number of pyridine rings is 1. The molecule has 0 spiro atoms. The number of carbonyl (C=O) groups excluding carboxylic acids is 1. The Bertz CT molecular complexity index is 807. The Morgan fingerprint density at radius 2 is 1.86 bits per heavy atom. The second-order valence-corrected chi connectivity index (χ2v) is 6.09. The normalized spacial score (nSPS) is 11.7. The molecule has 0 radical (unpaired) electrons. The first kappa shape index (κ1) is 24.1. The van der Waals surface area contributed by atoms with Crippen molar-refractivity contribution in [2.24, 2.45) is 5.92 Å². The van der Waals surface area contributed by atoms with Crippen LogP contribution in [0.2, 0.25) is 0 Å². The molecule has 1 aromatic carbocycles. The lowest BCUT2D eigenvalue weighted by Crippen LogP contribution is -2.20. The molecule has 29 heavy (non-hydrogen) atoms. The molecule has 0 fully saturated rings. The summed E-state index contributed by atoms with van der Waals surface area (Å²) in [5.74, 6) is -1.66. The fourth-order valence-corrected chi connectivity index (χ4v) is 2.16. The molecule has 2 rings (SSSR count). The van der Waals surface area contributed by atoms with Crippen LogP contribution in [-0.2, 0) is 11.0 Å². The van der Waals surface area contributed by atoms with Gasteiger partial charge < -0.3 is 10.6 Å². The van der Waals surface area contributed by atoms with Gasteiger partial charge in [-0.3, -0.25) is 4.79 Å². The molecule has 158 valence electrons. The molecule has 1 heterocycles. The van der Waals surface area contributed by atoms with Gasteiger partial charge in [-0.2, -0.15) is 13.2 Å². The lowest BCUT2D eigenvalue weighted by atomic mass is 10.1. The van der Waals surface area contributed by atoms with E-state index in [1.165, 1.54) is 12.1 Å². The molecule has 1 amide bonds. The van der Waals surface area contributed by atoms with E-state index in [-0.39, 0.29) is 23.5 Å². The molecule has 0 saturated carbocycles. The third-order valence-corrected chi connectivity index (χ3v) is 3.69.